The fraction of sp³-hybridized carbons (Fsp3) is 0.632. The van der Waals surface area contributed by atoms with Crippen molar-refractivity contribution in [1.29, 1.82) is 0 Å². The van der Waals surface area contributed by atoms with Gasteiger partial charge in [0, 0.05) is 39.1 Å². The molecule has 0 aliphatic carbocycles. The van der Waals surface area contributed by atoms with Gasteiger partial charge in [0.1, 0.15) is 5.82 Å². The molecule has 4 rings (SSSR count). The van der Waals surface area contributed by atoms with Crippen molar-refractivity contribution >= 4 is 5.82 Å². The largest absolute Gasteiger partial charge is 0.383 e. The van der Waals surface area contributed by atoms with Crippen molar-refractivity contribution in [2.75, 3.05) is 45.3 Å². The van der Waals surface area contributed by atoms with Gasteiger partial charge in [-0.1, -0.05) is 5.16 Å². The van der Waals surface area contributed by atoms with Crippen molar-refractivity contribution in [3.05, 3.63) is 24.2 Å². The zero-order valence-electron chi connectivity index (χ0n) is 15.8. The molecule has 1 atom stereocenters. The highest BCUT2D eigenvalue weighted by Crippen LogP contribution is 2.36. The Morgan fingerprint density at radius 2 is 2.19 bits per heavy atom. The minimum absolute atomic E-state index is 0.205. The van der Waals surface area contributed by atoms with Crippen molar-refractivity contribution < 1.29 is 14.0 Å². The lowest BCUT2D eigenvalue weighted by atomic mass is 10.1. The van der Waals surface area contributed by atoms with Crippen LogP contribution in [0.5, 0.6) is 0 Å². The highest BCUT2D eigenvalue weighted by atomic mass is 16.5. The SMILES string of the molecule is COCCNc1ncccc1-c1noc(C2CCCN2C2CCOCC2)n1. The van der Waals surface area contributed by atoms with Gasteiger partial charge in [0.15, 0.2) is 0 Å². The van der Waals surface area contributed by atoms with Crippen LogP contribution >= 0.6 is 0 Å². The van der Waals surface area contributed by atoms with Gasteiger partial charge in [0.2, 0.25) is 11.7 Å². The van der Waals surface area contributed by atoms with E-state index in [0.29, 0.717) is 30.9 Å². The summed E-state index contributed by atoms with van der Waals surface area (Å²) in [5, 5.41) is 7.52. The zero-order chi connectivity index (χ0) is 18.5. The summed E-state index contributed by atoms with van der Waals surface area (Å²) < 4.78 is 16.3. The summed E-state index contributed by atoms with van der Waals surface area (Å²) in [7, 11) is 1.68. The van der Waals surface area contributed by atoms with Gasteiger partial charge in [0.25, 0.3) is 0 Å². The molecule has 2 aromatic rings. The van der Waals surface area contributed by atoms with Gasteiger partial charge in [-0.2, -0.15) is 4.98 Å². The molecule has 8 nitrogen and oxygen atoms in total. The van der Waals surface area contributed by atoms with Crippen LogP contribution in [0.3, 0.4) is 0 Å². The first-order valence-electron chi connectivity index (χ1n) is 9.72. The van der Waals surface area contributed by atoms with E-state index < -0.39 is 0 Å². The first kappa shape index (κ1) is 18.3. The van der Waals surface area contributed by atoms with Gasteiger partial charge in [-0.25, -0.2) is 4.98 Å². The fourth-order valence-corrected chi connectivity index (χ4v) is 3.99. The Morgan fingerprint density at radius 1 is 1.30 bits per heavy atom. The van der Waals surface area contributed by atoms with Gasteiger partial charge in [-0.15, -0.1) is 0 Å². The van der Waals surface area contributed by atoms with Gasteiger partial charge in [-0.05, 0) is 44.4 Å². The van der Waals surface area contributed by atoms with Crippen LogP contribution in [0, 0.1) is 0 Å². The quantitative estimate of drug-likeness (QED) is 0.741. The monoisotopic (exact) mass is 373 g/mol. The summed E-state index contributed by atoms with van der Waals surface area (Å²) in [6, 6.07) is 4.60. The summed E-state index contributed by atoms with van der Waals surface area (Å²) in [4.78, 5) is 11.7. The second-order valence-corrected chi connectivity index (χ2v) is 7.01. The third-order valence-corrected chi connectivity index (χ3v) is 5.33. The summed E-state index contributed by atoms with van der Waals surface area (Å²) in [5.41, 5.74) is 0.846. The second-order valence-electron chi connectivity index (χ2n) is 7.01. The van der Waals surface area contributed by atoms with Crippen molar-refractivity contribution in [3.8, 4) is 11.4 Å². The number of anilines is 1. The molecule has 1 unspecified atom stereocenters. The number of likely N-dealkylation sites (tertiary alicyclic amines) is 1. The molecule has 2 aromatic heterocycles. The van der Waals surface area contributed by atoms with E-state index in [2.05, 4.69) is 20.4 Å². The number of hydrogen-bond acceptors (Lipinski definition) is 8. The molecule has 0 spiro atoms. The number of methoxy groups -OCH3 is 1. The van der Waals surface area contributed by atoms with Gasteiger partial charge in [0.05, 0.1) is 18.2 Å². The standard InChI is InChI=1S/C19H27N5O3/c1-25-13-9-21-17-15(4-2-8-20-17)18-22-19(27-23-18)16-5-3-10-24(16)14-6-11-26-12-7-14/h2,4,8,14,16H,3,5-7,9-13H2,1H3,(H,20,21). The van der Waals surface area contributed by atoms with Crippen LogP contribution in [-0.2, 0) is 9.47 Å². The predicted octanol–water partition coefficient (Wildman–Crippen LogP) is 2.51. The summed E-state index contributed by atoms with van der Waals surface area (Å²) >= 11 is 0. The van der Waals surface area contributed by atoms with E-state index >= 15 is 0 Å². The fourth-order valence-electron chi connectivity index (χ4n) is 3.99. The van der Waals surface area contributed by atoms with Crippen molar-refractivity contribution in [1.82, 2.24) is 20.0 Å². The number of nitrogens with one attached hydrogen (secondary N) is 1. The van der Waals surface area contributed by atoms with Crippen LogP contribution in [-0.4, -0.2) is 66.1 Å². The molecular formula is C19H27N5O3. The van der Waals surface area contributed by atoms with E-state index in [1.807, 2.05) is 12.1 Å². The molecule has 2 fully saturated rings. The average molecular weight is 373 g/mol. The molecule has 0 saturated carbocycles. The van der Waals surface area contributed by atoms with Crippen LogP contribution in [0.25, 0.3) is 11.4 Å². The zero-order valence-corrected chi connectivity index (χ0v) is 15.8. The summed E-state index contributed by atoms with van der Waals surface area (Å²) in [6.45, 7) is 4.05. The maximum atomic E-state index is 5.69. The van der Waals surface area contributed by atoms with Gasteiger partial charge in [-0.3, -0.25) is 4.90 Å². The molecule has 2 saturated heterocycles. The maximum absolute atomic E-state index is 5.69. The number of nitrogens with zero attached hydrogens (tertiary/aromatic N) is 4. The Bertz CT molecular complexity index is 732. The Labute approximate surface area is 159 Å². The minimum atomic E-state index is 0.205. The van der Waals surface area contributed by atoms with Gasteiger partial charge < -0.3 is 19.3 Å². The van der Waals surface area contributed by atoms with E-state index in [1.165, 1.54) is 0 Å². The Morgan fingerprint density at radius 3 is 3.04 bits per heavy atom. The molecule has 0 bridgehead atoms. The summed E-state index contributed by atoms with van der Waals surface area (Å²) in [5.74, 6) is 2.03. The molecule has 0 amide bonds. The average Bonchev–Trinajstić information content (AvgIpc) is 3.39. The lowest BCUT2D eigenvalue weighted by molar-refractivity contribution is 0.0243. The van der Waals surface area contributed by atoms with Crippen molar-refractivity contribution in [2.45, 2.75) is 37.8 Å². The third-order valence-electron chi connectivity index (χ3n) is 5.33. The maximum Gasteiger partial charge on any atom is 0.244 e. The predicted molar refractivity (Wildman–Crippen MR) is 100 cm³/mol. The molecule has 8 heteroatoms. The smallest absolute Gasteiger partial charge is 0.244 e. The summed E-state index contributed by atoms with van der Waals surface area (Å²) in [6.07, 6.45) is 6.13. The van der Waals surface area contributed by atoms with E-state index in [4.69, 9.17) is 19.0 Å². The molecule has 4 heterocycles. The number of pyridine rings is 1. The number of rotatable bonds is 7. The van der Waals surface area contributed by atoms with E-state index in [9.17, 15) is 0 Å². The highest BCUT2D eigenvalue weighted by molar-refractivity contribution is 5.69. The Kier molecular flexibility index (Phi) is 5.96. The topological polar surface area (TPSA) is 85.5 Å². The molecule has 0 aromatic carbocycles. The number of hydrogen-bond donors (Lipinski definition) is 1. The van der Waals surface area contributed by atoms with Crippen LogP contribution in [0.2, 0.25) is 0 Å². The first-order chi connectivity index (χ1) is 13.4. The van der Waals surface area contributed by atoms with Crippen LogP contribution in [0.4, 0.5) is 5.82 Å². The van der Waals surface area contributed by atoms with Crippen LogP contribution in [0.1, 0.15) is 37.6 Å². The first-order valence-corrected chi connectivity index (χ1v) is 9.72. The van der Waals surface area contributed by atoms with Crippen LogP contribution in [0.15, 0.2) is 22.9 Å². The normalized spacial score (nSPS) is 21.6. The molecule has 0 radical (unpaired) electrons. The minimum Gasteiger partial charge on any atom is -0.383 e. The second kappa shape index (κ2) is 8.77. The molecule has 146 valence electrons. The van der Waals surface area contributed by atoms with Crippen molar-refractivity contribution in [2.24, 2.45) is 0 Å². The van der Waals surface area contributed by atoms with Crippen molar-refractivity contribution in [3.63, 3.8) is 0 Å². The van der Waals surface area contributed by atoms with Crippen LogP contribution < -0.4 is 5.32 Å². The molecular weight excluding hydrogens is 346 g/mol. The highest BCUT2D eigenvalue weighted by Gasteiger charge is 2.36. The molecule has 2 aliphatic rings. The van der Waals surface area contributed by atoms with E-state index in [0.717, 1.165) is 56.8 Å². The van der Waals surface area contributed by atoms with E-state index in [-0.39, 0.29) is 6.04 Å². The number of ether oxygens (including phenoxy) is 2. The lowest BCUT2D eigenvalue weighted by Gasteiger charge is -2.33. The Balaban J connectivity index is 1.51. The Hall–Kier alpha value is -2.03. The lowest BCUT2D eigenvalue weighted by Crippen LogP contribution is -2.39. The molecule has 1 N–H and O–H groups in total. The van der Waals surface area contributed by atoms with Gasteiger partial charge >= 0.3 is 0 Å². The van der Waals surface area contributed by atoms with E-state index in [1.54, 1.807) is 13.3 Å². The molecule has 27 heavy (non-hydrogen) atoms. The molecule has 2 aliphatic heterocycles. The third kappa shape index (κ3) is 4.12. The number of aromatic nitrogens is 3.